The van der Waals surface area contributed by atoms with E-state index >= 15 is 0 Å². The monoisotopic (exact) mass is 363 g/mol. The van der Waals surface area contributed by atoms with Gasteiger partial charge in [0, 0.05) is 50.5 Å². The molecule has 8 heteroatoms. The Labute approximate surface area is 151 Å². The lowest BCUT2D eigenvalue weighted by atomic mass is 9.87. The van der Waals surface area contributed by atoms with Gasteiger partial charge in [-0.1, -0.05) is 5.21 Å². The zero-order valence-electron chi connectivity index (χ0n) is 14.5. The van der Waals surface area contributed by atoms with Crippen molar-refractivity contribution in [2.75, 3.05) is 19.7 Å². The van der Waals surface area contributed by atoms with Crippen molar-refractivity contribution in [3.8, 4) is 11.3 Å². The summed E-state index contributed by atoms with van der Waals surface area (Å²) in [5, 5.41) is 11.8. The smallest absolute Gasteiger partial charge is 0.248 e. The van der Waals surface area contributed by atoms with Crippen molar-refractivity contribution in [1.29, 1.82) is 0 Å². The minimum absolute atomic E-state index is 0.0229. The van der Waals surface area contributed by atoms with Gasteiger partial charge in [0.1, 0.15) is 5.69 Å². The first kappa shape index (κ1) is 17.5. The summed E-state index contributed by atoms with van der Waals surface area (Å²) in [6.07, 6.45) is 6.38. The van der Waals surface area contributed by atoms with Crippen LogP contribution in [0.5, 0.6) is 0 Å². The number of rotatable bonds is 5. The van der Waals surface area contributed by atoms with Crippen LogP contribution >= 0.6 is 0 Å². The lowest BCUT2D eigenvalue weighted by molar-refractivity contribution is -0.0641. The Kier molecular flexibility index (Phi) is 4.95. The quantitative estimate of drug-likeness (QED) is 0.885. The van der Waals surface area contributed by atoms with Crippen LogP contribution in [0.4, 0.5) is 8.78 Å². The number of nitrogens with one attached hydrogen (secondary N) is 1. The van der Waals surface area contributed by atoms with Crippen LogP contribution in [0.2, 0.25) is 0 Å². The van der Waals surface area contributed by atoms with Crippen molar-refractivity contribution in [2.24, 2.45) is 5.92 Å². The maximum atomic E-state index is 13.3. The molecule has 1 aliphatic carbocycles. The largest absolute Gasteiger partial charge is 0.374 e. The van der Waals surface area contributed by atoms with E-state index in [0.29, 0.717) is 19.4 Å². The third-order valence-corrected chi connectivity index (χ3v) is 5.32. The molecule has 2 aliphatic rings. The second-order valence-corrected chi connectivity index (χ2v) is 7.22. The highest BCUT2D eigenvalue weighted by Crippen LogP contribution is 2.36. The van der Waals surface area contributed by atoms with Gasteiger partial charge in [-0.05, 0) is 30.9 Å². The van der Waals surface area contributed by atoms with Crippen molar-refractivity contribution in [1.82, 2.24) is 25.3 Å². The van der Waals surface area contributed by atoms with Gasteiger partial charge in [0.15, 0.2) is 0 Å². The standard InChI is InChI=1S/C18H23F2N5O/c19-18(20)5-3-13(4-6-18)12-26-17-10-22-9-16(17)25-11-15(23-24-25)14-2-1-7-21-8-14/h1-2,7-8,11,13,16-17,22H,3-6,9-10,12H2. The van der Waals surface area contributed by atoms with E-state index < -0.39 is 5.92 Å². The molecule has 0 radical (unpaired) electrons. The number of ether oxygens (including phenoxy) is 1. The van der Waals surface area contributed by atoms with Gasteiger partial charge in [0.05, 0.1) is 18.3 Å². The zero-order chi connectivity index (χ0) is 18.0. The van der Waals surface area contributed by atoms with Crippen LogP contribution in [0.3, 0.4) is 0 Å². The van der Waals surface area contributed by atoms with Crippen LogP contribution in [0, 0.1) is 5.92 Å². The molecule has 2 fully saturated rings. The number of halogens is 2. The molecular weight excluding hydrogens is 340 g/mol. The summed E-state index contributed by atoms with van der Waals surface area (Å²) in [4.78, 5) is 4.11. The van der Waals surface area contributed by atoms with Crippen LogP contribution in [-0.2, 0) is 4.74 Å². The number of pyridine rings is 1. The van der Waals surface area contributed by atoms with Crippen molar-refractivity contribution in [3.05, 3.63) is 30.7 Å². The third-order valence-electron chi connectivity index (χ3n) is 5.32. The maximum Gasteiger partial charge on any atom is 0.248 e. The molecule has 3 heterocycles. The van der Waals surface area contributed by atoms with E-state index in [0.717, 1.165) is 24.3 Å². The number of hydrogen-bond donors (Lipinski definition) is 1. The molecule has 0 spiro atoms. The van der Waals surface area contributed by atoms with Crippen LogP contribution in [0.15, 0.2) is 30.7 Å². The topological polar surface area (TPSA) is 64.9 Å². The summed E-state index contributed by atoms with van der Waals surface area (Å²) < 4.78 is 34.5. The second kappa shape index (κ2) is 7.36. The Bertz CT molecular complexity index is 713. The molecule has 0 bridgehead atoms. The summed E-state index contributed by atoms with van der Waals surface area (Å²) in [5.74, 6) is -2.27. The van der Waals surface area contributed by atoms with Crippen molar-refractivity contribution < 1.29 is 13.5 Å². The van der Waals surface area contributed by atoms with Gasteiger partial charge in [-0.3, -0.25) is 4.98 Å². The van der Waals surface area contributed by atoms with Gasteiger partial charge >= 0.3 is 0 Å². The van der Waals surface area contributed by atoms with E-state index in [-0.39, 0.29) is 30.9 Å². The lowest BCUT2D eigenvalue weighted by Gasteiger charge is -2.29. The predicted octanol–water partition coefficient (Wildman–Crippen LogP) is 2.70. The first-order valence-corrected chi connectivity index (χ1v) is 9.13. The fourth-order valence-corrected chi connectivity index (χ4v) is 3.69. The average Bonchev–Trinajstić information content (AvgIpc) is 3.30. The number of aromatic nitrogens is 4. The Balaban J connectivity index is 1.36. The third kappa shape index (κ3) is 3.91. The van der Waals surface area contributed by atoms with Gasteiger partial charge in [-0.2, -0.15) is 0 Å². The second-order valence-electron chi connectivity index (χ2n) is 7.22. The van der Waals surface area contributed by atoms with Crippen molar-refractivity contribution in [2.45, 2.75) is 43.8 Å². The molecule has 2 atom stereocenters. The summed E-state index contributed by atoms with van der Waals surface area (Å²) in [6.45, 7) is 2.02. The van der Waals surface area contributed by atoms with Crippen LogP contribution in [0.25, 0.3) is 11.3 Å². The fourth-order valence-electron chi connectivity index (χ4n) is 3.69. The summed E-state index contributed by atoms with van der Waals surface area (Å²) in [6, 6.07) is 3.87. The Morgan fingerprint density at radius 1 is 1.27 bits per heavy atom. The highest BCUT2D eigenvalue weighted by atomic mass is 19.3. The molecule has 1 saturated heterocycles. The molecule has 6 nitrogen and oxygen atoms in total. The molecule has 2 unspecified atom stereocenters. The van der Waals surface area contributed by atoms with E-state index in [4.69, 9.17) is 4.74 Å². The number of nitrogens with zero attached hydrogens (tertiary/aromatic N) is 4. The molecular formula is C18H23F2N5O. The van der Waals surface area contributed by atoms with E-state index in [9.17, 15) is 8.78 Å². The normalized spacial score (nSPS) is 26.2. The van der Waals surface area contributed by atoms with Gasteiger partial charge in [0.2, 0.25) is 5.92 Å². The molecule has 0 aromatic carbocycles. The summed E-state index contributed by atoms with van der Waals surface area (Å²) in [7, 11) is 0. The van der Waals surface area contributed by atoms with Crippen molar-refractivity contribution in [3.63, 3.8) is 0 Å². The van der Waals surface area contributed by atoms with Crippen molar-refractivity contribution >= 4 is 0 Å². The first-order valence-electron chi connectivity index (χ1n) is 9.13. The van der Waals surface area contributed by atoms with Crippen LogP contribution < -0.4 is 5.32 Å². The van der Waals surface area contributed by atoms with Gasteiger partial charge < -0.3 is 10.1 Å². The minimum atomic E-state index is -2.49. The fraction of sp³-hybridized carbons (Fsp3) is 0.611. The molecule has 140 valence electrons. The molecule has 4 rings (SSSR count). The molecule has 1 N–H and O–H groups in total. The van der Waals surface area contributed by atoms with Gasteiger partial charge in [-0.15, -0.1) is 5.10 Å². The Hall–Kier alpha value is -1.93. The summed E-state index contributed by atoms with van der Waals surface area (Å²) >= 11 is 0. The molecule has 26 heavy (non-hydrogen) atoms. The Morgan fingerprint density at radius 2 is 2.12 bits per heavy atom. The van der Waals surface area contributed by atoms with Gasteiger partial charge in [0.25, 0.3) is 0 Å². The lowest BCUT2D eigenvalue weighted by Crippen LogP contribution is -2.31. The van der Waals surface area contributed by atoms with Gasteiger partial charge in [-0.25, -0.2) is 13.5 Å². The molecule has 2 aromatic rings. The molecule has 2 aromatic heterocycles. The van der Waals surface area contributed by atoms with E-state index in [2.05, 4.69) is 20.6 Å². The highest BCUT2D eigenvalue weighted by molar-refractivity contribution is 5.55. The molecule has 0 amide bonds. The molecule has 1 saturated carbocycles. The van der Waals surface area contributed by atoms with Crippen LogP contribution in [0.1, 0.15) is 31.7 Å². The number of alkyl halides is 2. The Morgan fingerprint density at radius 3 is 2.88 bits per heavy atom. The maximum absolute atomic E-state index is 13.3. The van der Waals surface area contributed by atoms with Crippen LogP contribution in [-0.4, -0.2) is 51.7 Å². The highest BCUT2D eigenvalue weighted by Gasteiger charge is 2.36. The first-order chi connectivity index (χ1) is 12.6. The van der Waals surface area contributed by atoms with E-state index in [1.54, 1.807) is 12.4 Å². The SMILES string of the molecule is FC1(F)CCC(COC2CNCC2n2cc(-c3cccnc3)nn2)CC1. The predicted molar refractivity (Wildman–Crippen MR) is 91.8 cm³/mol. The average molecular weight is 363 g/mol. The van der Waals surface area contributed by atoms with E-state index in [1.165, 1.54) is 0 Å². The minimum Gasteiger partial charge on any atom is -0.374 e. The zero-order valence-corrected chi connectivity index (χ0v) is 14.5. The summed E-state index contributed by atoms with van der Waals surface area (Å²) in [5.41, 5.74) is 1.70. The number of hydrogen-bond acceptors (Lipinski definition) is 5. The molecule has 1 aliphatic heterocycles. The van der Waals surface area contributed by atoms with E-state index in [1.807, 2.05) is 23.0 Å².